The maximum atomic E-state index is 13.2. The van der Waals surface area contributed by atoms with Crippen LogP contribution in [0.1, 0.15) is 16.7 Å². The van der Waals surface area contributed by atoms with Crippen molar-refractivity contribution < 1.29 is 45.4 Å². The Morgan fingerprint density at radius 3 is 2.48 bits per heavy atom. The number of nitrogens with zero attached hydrogens (tertiary/aromatic N) is 5. The lowest BCUT2D eigenvalue weighted by Crippen LogP contribution is -2.41. The third-order valence-corrected chi connectivity index (χ3v) is 7.74. The molecule has 0 unspecified atom stereocenters. The number of rotatable bonds is 10. The average molecular weight is 693 g/mol. The molecule has 1 N–H and O–H groups in total. The van der Waals surface area contributed by atoms with Gasteiger partial charge in [0.2, 0.25) is 5.91 Å². The molecule has 0 bridgehead atoms. The lowest BCUT2D eigenvalue weighted by Gasteiger charge is -2.20. The van der Waals surface area contributed by atoms with Gasteiger partial charge < -0.3 is 14.8 Å². The second-order valence-corrected chi connectivity index (χ2v) is 11.3. The Morgan fingerprint density at radius 1 is 1.04 bits per heavy atom. The molecule has 17 heteroatoms. The van der Waals surface area contributed by atoms with Gasteiger partial charge in [-0.3, -0.25) is 9.69 Å². The first-order valence-corrected chi connectivity index (χ1v) is 15.1. The summed E-state index contributed by atoms with van der Waals surface area (Å²) < 4.78 is 86.6. The van der Waals surface area contributed by atoms with E-state index in [1.54, 1.807) is 37.3 Å². The maximum Gasteiger partial charge on any atom is 0.499 e. The molecular weight excluding hydrogens is 666 g/mol. The van der Waals surface area contributed by atoms with E-state index in [1.165, 1.54) is 28.0 Å². The molecule has 0 radical (unpaired) electrons. The summed E-state index contributed by atoms with van der Waals surface area (Å²) in [6.07, 6.45) is -9.89. The van der Waals surface area contributed by atoms with Gasteiger partial charge in [-0.15, -0.1) is 5.10 Å². The molecule has 1 fully saturated rings. The lowest BCUT2D eigenvalue weighted by atomic mass is 10.1. The molecule has 1 saturated heterocycles. The maximum absolute atomic E-state index is 13.2. The predicted octanol–water partition coefficient (Wildman–Crippen LogP) is 7.24. The summed E-state index contributed by atoms with van der Waals surface area (Å²) in [6.45, 7) is 2.91. The molecule has 0 spiro atoms. The highest BCUT2D eigenvalue weighted by Crippen LogP contribution is 2.37. The van der Waals surface area contributed by atoms with E-state index in [0.717, 1.165) is 29.5 Å². The number of aryl methyl sites for hydroxylation is 2. The number of anilines is 2. The quantitative estimate of drug-likeness (QED) is 0.138. The van der Waals surface area contributed by atoms with Gasteiger partial charge in [0.05, 0.1) is 30.3 Å². The molecule has 1 aliphatic heterocycles. The molecule has 1 aromatic heterocycles. The second kappa shape index (κ2) is 14.1. The van der Waals surface area contributed by atoms with Gasteiger partial charge in [-0.25, -0.2) is 18.9 Å². The SMILES string of the molecule is Cc1ccc(COCCF)c(N2C(=O)CSC2=NC(=O)Nc2ccc(-c3ncn(-c4ccc(OC(F)(F)C(F)(F)F)cc4)n3)cc2C)c1. The molecule has 1 aliphatic rings. The Morgan fingerprint density at radius 2 is 1.79 bits per heavy atom. The number of hydrogen-bond donors (Lipinski definition) is 1. The van der Waals surface area contributed by atoms with Crippen LogP contribution in [-0.2, 0) is 16.1 Å². The van der Waals surface area contributed by atoms with Crippen LogP contribution in [0.15, 0.2) is 72.0 Å². The van der Waals surface area contributed by atoms with E-state index in [1.807, 2.05) is 13.0 Å². The standard InChI is InChI=1S/C31H26F6N6O4S/c1-18-3-4-21(15-46-12-11-32)25(13-18)43-26(44)16-48-29(43)40-28(45)39-24-10-5-20(14-19(24)2)27-38-17-42(41-27)22-6-8-23(9-7-22)47-31(36,37)30(33,34)35/h3-10,13-14,17H,11-12,15-16H2,1-2H3,(H,39,45). The zero-order valence-corrected chi connectivity index (χ0v) is 26.0. The zero-order chi connectivity index (χ0) is 34.6. The average Bonchev–Trinajstić information content (AvgIpc) is 3.66. The third kappa shape index (κ3) is 7.79. The summed E-state index contributed by atoms with van der Waals surface area (Å²) >= 11 is 1.10. The number of urea groups is 1. The molecule has 10 nitrogen and oxygen atoms in total. The van der Waals surface area contributed by atoms with Crippen molar-refractivity contribution in [2.75, 3.05) is 29.3 Å². The molecule has 5 rings (SSSR count). The number of ether oxygens (including phenoxy) is 2. The topological polar surface area (TPSA) is 111 Å². The molecule has 4 aromatic rings. The smallest absolute Gasteiger partial charge is 0.426 e. The number of amides is 3. The van der Waals surface area contributed by atoms with E-state index in [9.17, 15) is 35.9 Å². The second-order valence-electron chi connectivity index (χ2n) is 10.4. The van der Waals surface area contributed by atoms with Crippen LogP contribution in [0.5, 0.6) is 5.75 Å². The minimum atomic E-state index is -5.87. The van der Waals surface area contributed by atoms with Gasteiger partial charge in [-0.1, -0.05) is 23.9 Å². The highest BCUT2D eigenvalue weighted by atomic mass is 32.2. The predicted molar refractivity (Wildman–Crippen MR) is 166 cm³/mol. The molecule has 252 valence electrons. The van der Waals surface area contributed by atoms with Crippen molar-refractivity contribution in [1.82, 2.24) is 14.8 Å². The Hall–Kier alpha value is -4.90. The summed E-state index contributed by atoms with van der Waals surface area (Å²) in [5.41, 5.74) is 3.93. The van der Waals surface area contributed by atoms with Gasteiger partial charge in [0, 0.05) is 16.8 Å². The number of benzene rings is 3. The number of amidine groups is 1. The lowest BCUT2D eigenvalue weighted by molar-refractivity contribution is -0.360. The number of carbonyl (C=O) groups excluding carboxylic acids is 2. The number of carbonyl (C=O) groups is 2. The van der Waals surface area contributed by atoms with Crippen molar-refractivity contribution in [3.63, 3.8) is 0 Å². The van der Waals surface area contributed by atoms with E-state index in [-0.39, 0.29) is 35.9 Å². The first-order chi connectivity index (χ1) is 22.8. The number of halogens is 6. The number of hydrogen-bond acceptors (Lipinski definition) is 7. The molecule has 48 heavy (non-hydrogen) atoms. The van der Waals surface area contributed by atoms with Gasteiger partial charge in [0.15, 0.2) is 11.0 Å². The van der Waals surface area contributed by atoms with Gasteiger partial charge in [0.25, 0.3) is 0 Å². The van der Waals surface area contributed by atoms with E-state index >= 15 is 0 Å². The van der Waals surface area contributed by atoms with Gasteiger partial charge >= 0.3 is 18.3 Å². The Labute approximate surface area is 273 Å². The monoisotopic (exact) mass is 692 g/mol. The Balaban J connectivity index is 1.28. The van der Waals surface area contributed by atoms with Crippen LogP contribution in [0, 0.1) is 13.8 Å². The Bertz CT molecular complexity index is 1850. The molecule has 3 amide bonds. The molecule has 0 atom stereocenters. The minimum Gasteiger partial charge on any atom is -0.426 e. The third-order valence-electron chi connectivity index (χ3n) is 6.82. The number of thioether (sulfide) groups is 1. The van der Waals surface area contributed by atoms with Crippen molar-refractivity contribution in [1.29, 1.82) is 0 Å². The van der Waals surface area contributed by atoms with Crippen LogP contribution in [0.25, 0.3) is 17.1 Å². The summed E-state index contributed by atoms with van der Waals surface area (Å²) in [5.74, 6) is -0.625. The summed E-state index contributed by atoms with van der Waals surface area (Å²) in [4.78, 5) is 35.5. The van der Waals surface area contributed by atoms with Crippen molar-refractivity contribution in [3.8, 4) is 22.8 Å². The van der Waals surface area contributed by atoms with Crippen molar-refractivity contribution in [2.24, 2.45) is 4.99 Å². The number of aliphatic imine (C=N–C) groups is 1. The van der Waals surface area contributed by atoms with Gasteiger partial charge in [0.1, 0.15) is 18.8 Å². The summed E-state index contributed by atoms with van der Waals surface area (Å²) in [7, 11) is 0. The minimum absolute atomic E-state index is 0.0696. The highest BCUT2D eigenvalue weighted by molar-refractivity contribution is 8.15. The number of nitrogens with one attached hydrogen (secondary N) is 1. The fourth-order valence-electron chi connectivity index (χ4n) is 4.49. The molecular formula is C31H26F6N6O4S. The number of aromatic nitrogens is 3. The molecule has 0 aliphatic carbocycles. The first-order valence-electron chi connectivity index (χ1n) is 14.1. The van der Waals surface area contributed by atoms with E-state index < -0.39 is 30.7 Å². The van der Waals surface area contributed by atoms with Gasteiger partial charge in [-0.05, 0) is 73.5 Å². The largest absolute Gasteiger partial charge is 0.499 e. The number of alkyl halides is 6. The molecule has 3 aromatic carbocycles. The van der Waals surface area contributed by atoms with Crippen molar-refractivity contribution in [2.45, 2.75) is 32.7 Å². The molecule has 0 saturated carbocycles. The van der Waals surface area contributed by atoms with E-state index in [0.29, 0.717) is 33.8 Å². The van der Waals surface area contributed by atoms with Crippen LogP contribution in [0.4, 0.5) is 42.5 Å². The van der Waals surface area contributed by atoms with Crippen LogP contribution >= 0.6 is 11.8 Å². The zero-order valence-electron chi connectivity index (χ0n) is 25.2. The fraction of sp³-hybridized carbons (Fsp3) is 0.258. The first kappa shape index (κ1) is 34.4. The van der Waals surface area contributed by atoms with Crippen LogP contribution in [0.2, 0.25) is 0 Å². The fourth-order valence-corrected chi connectivity index (χ4v) is 5.35. The van der Waals surface area contributed by atoms with Crippen LogP contribution in [-0.4, -0.2) is 63.2 Å². The van der Waals surface area contributed by atoms with Crippen LogP contribution < -0.4 is 15.0 Å². The summed E-state index contributed by atoms with van der Waals surface area (Å²) in [6, 6.07) is 14.0. The van der Waals surface area contributed by atoms with Crippen molar-refractivity contribution >= 4 is 40.2 Å². The Kier molecular flexibility index (Phi) is 10.1. The van der Waals surface area contributed by atoms with Crippen molar-refractivity contribution in [3.05, 3.63) is 83.7 Å². The van der Waals surface area contributed by atoms with Gasteiger partial charge in [-0.2, -0.15) is 26.9 Å². The molecule has 2 heterocycles. The summed E-state index contributed by atoms with van der Waals surface area (Å²) in [5, 5.41) is 7.22. The van der Waals surface area contributed by atoms with Crippen LogP contribution in [0.3, 0.4) is 0 Å². The van der Waals surface area contributed by atoms with E-state index in [2.05, 4.69) is 25.1 Å². The normalized spacial score (nSPS) is 14.5. The highest BCUT2D eigenvalue weighted by Gasteiger charge is 2.61. The van der Waals surface area contributed by atoms with E-state index in [4.69, 9.17) is 4.74 Å².